The van der Waals surface area contributed by atoms with Gasteiger partial charge in [-0.3, -0.25) is 0 Å². The Bertz CT molecular complexity index is 521. The quantitative estimate of drug-likeness (QED) is 0.884. The predicted octanol–water partition coefficient (Wildman–Crippen LogP) is 3.23. The van der Waals surface area contributed by atoms with Crippen molar-refractivity contribution < 1.29 is 4.74 Å². The Morgan fingerprint density at radius 2 is 2.00 bits per heavy atom. The van der Waals surface area contributed by atoms with E-state index in [0.717, 1.165) is 25.3 Å². The monoisotopic (exact) mass is 256 g/mol. The fourth-order valence-corrected chi connectivity index (χ4v) is 3.00. The van der Waals surface area contributed by atoms with Crippen LogP contribution in [0.1, 0.15) is 35.9 Å². The van der Waals surface area contributed by atoms with E-state index >= 15 is 0 Å². The lowest BCUT2D eigenvalue weighted by Crippen LogP contribution is -2.30. The number of aromatic nitrogens is 1. The van der Waals surface area contributed by atoms with Gasteiger partial charge >= 0.3 is 0 Å². The van der Waals surface area contributed by atoms with Gasteiger partial charge in [-0.05, 0) is 36.9 Å². The maximum atomic E-state index is 5.40. The normalized spacial score (nSPS) is 23.2. The number of benzene rings is 1. The van der Waals surface area contributed by atoms with E-state index in [1.54, 1.807) is 7.11 Å². The van der Waals surface area contributed by atoms with Gasteiger partial charge in [-0.25, -0.2) is 0 Å². The lowest BCUT2D eigenvalue weighted by atomic mass is 9.85. The first-order chi connectivity index (χ1) is 9.38. The molecule has 2 N–H and O–H groups in total. The molecular weight excluding hydrogens is 236 g/mol. The molecule has 1 aliphatic heterocycles. The van der Waals surface area contributed by atoms with E-state index in [9.17, 15) is 0 Å². The third-order valence-corrected chi connectivity index (χ3v) is 3.99. The second-order valence-corrected chi connectivity index (χ2v) is 5.10. The van der Waals surface area contributed by atoms with Crippen molar-refractivity contribution >= 4 is 0 Å². The number of hydrogen-bond donors (Lipinski definition) is 2. The van der Waals surface area contributed by atoms with Crippen molar-refractivity contribution in [3.8, 4) is 5.88 Å². The Labute approximate surface area is 114 Å². The van der Waals surface area contributed by atoms with Gasteiger partial charge in [0, 0.05) is 17.8 Å². The Balaban J connectivity index is 1.79. The van der Waals surface area contributed by atoms with Gasteiger partial charge in [0.25, 0.3) is 0 Å². The molecule has 2 unspecified atom stereocenters. The highest BCUT2D eigenvalue weighted by atomic mass is 16.5. The highest BCUT2D eigenvalue weighted by Gasteiger charge is 2.26. The highest BCUT2D eigenvalue weighted by Crippen LogP contribution is 2.37. The summed E-state index contributed by atoms with van der Waals surface area (Å²) in [5, 5.41) is 3.61. The molecule has 19 heavy (non-hydrogen) atoms. The molecule has 1 aromatic heterocycles. The summed E-state index contributed by atoms with van der Waals surface area (Å²) in [6, 6.07) is 13.3. The molecule has 3 heteroatoms. The Hall–Kier alpha value is -1.74. The van der Waals surface area contributed by atoms with Crippen LogP contribution in [0.25, 0.3) is 0 Å². The maximum absolute atomic E-state index is 5.40. The van der Waals surface area contributed by atoms with E-state index in [-0.39, 0.29) is 0 Å². The molecular formula is C16H20N2O. The molecule has 0 spiro atoms. The van der Waals surface area contributed by atoms with Gasteiger partial charge in [-0.2, -0.15) is 0 Å². The van der Waals surface area contributed by atoms with Crippen molar-refractivity contribution in [3.63, 3.8) is 0 Å². The molecule has 1 aromatic carbocycles. The maximum Gasteiger partial charge on any atom is 0.194 e. The molecule has 1 aliphatic rings. The lowest BCUT2D eigenvalue weighted by Gasteiger charge is -2.30. The summed E-state index contributed by atoms with van der Waals surface area (Å²) in [5.74, 6) is 1.48. The van der Waals surface area contributed by atoms with E-state index < -0.39 is 0 Å². The molecule has 1 fully saturated rings. The van der Waals surface area contributed by atoms with Crippen LogP contribution in [0.5, 0.6) is 5.88 Å². The van der Waals surface area contributed by atoms with Crippen molar-refractivity contribution in [3.05, 3.63) is 53.7 Å². The van der Waals surface area contributed by atoms with E-state index in [1.807, 2.05) is 6.20 Å². The van der Waals surface area contributed by atoms with Crippen molar-refractivity contribution in [2.24, 2.45) is 0 Å². The van der Waals surface area contributed by atoms with Crippen LogP contribution in [0.3, 0.4) is 0 Å². The second kappa shape index (κ2) is 5.49. The summed E-state index contributed by atoms with van der Waals surface area (Å²) in [6.07, 6.45) is 4.25. The fourth-order valence-electron chi connectivity index (χ4n) is 3.00. The lowest BCUT2D eigenvalue weighted by molar-refractivity contribution is 0.349. The van der Waals surface area contributed by atoms with Crippen LogP contribution in [0.15, 0.2) is 42.6 Å². The Morgan fingerprint density at radius 3 is 2.79 bits per heavy atom. The van der Waals surface area contributed by atoms with Gasteiger partial charge in [0.1, 0.15) is 0 Å². The van der Waals surface area contributed by atoms with Crippen molar-refractivity contribution in [1.29, 1.82) is 0 Å². The van der Waals surface area contributed by atoms with Crippen LogP contribution >= 0.6 is 0 Å². The molecule has 100 valence electrons. The van der Waals surface area contributed by atoms with Crippen LogP contribution in [0, 0.1) is 0 Å². The van der Waals surface area contributed by atoms with Gasteiger partial charge in [0.2, 0.25) is 0 Å². The summed E-state index contributed by atoms with van der Waals surface area (Å²) < 4.78 is 5.40. The molecule has 3 rings (SSSR count). The number of ether oxygens (including phenoxy) is 1. The Morgan fingerprint density at radius 1 is 1.16 bits per heavy atom. The minimum absolute atomic E-state index is 0.444. The second-order valence-electron chi connectivity index (χ2n) is 5.10. The summed E-state index contributed by atoms with van der Waals surface area (Å²) >= 11 is 0. The third kappa shape index (κ3) is 2.51. The van der Waals surface area contributed by atoms with Gasteiger partial charge in [0.15, 0.2) is 5.88 Å². The van der Waals surface area contributed by atoms with Crippen LogP contribution in [-0.2, 0) is 0 Å². The minimum atomic E-state index is 0.444. The van der Waals surface area contributed by atoms with E-state index in [2.05, 4.69) is 46.7 Å². The fraction of sp³-hybridized carbons (Fsp3) is 0.375. The van der Waals surface area contributed by atoms with Crippen LogP contribution in [-0.4, -0.2) is 18.6 Å². The highest BCUT2D eigenvalue weighted by molar-refractivity contribution is 5.32. The molecule has 0 aliphatic carbocycles. The summed E-state index contributed by atoms with van der Waals surface area (Å²) in [7, 11) is 1.73. The zero-order valence-corrected chi connectivity index (χ0v) is 11.2. The minimum Gasteiger partial charge on any atom is -0.482 e. The third-order valence-electron chi connectivity index (χ3n) is 3.99. The average molecular weight is 256 g/mol. The van der Waals surface area contributed by atoms with E-state index in [1.165, 1.54) is 11.1 Å². The zero-order chi connectivity index (χ0) is 13.1. The number of piperidine rings is 1. The van der Waals surface area contributed by atoms with Crippen molar-refractivity contribution in [1.82, 2.24) is 10.3 Å². The van der Waals surface area contributed by atoms with Crippen molar-refractivity contribution in [2.75, 3.05) is 13.7 Å². The molecule has 3 nitrogen and oxygen atoms in total. The number of rotatable bonds is 3. The van der Waals surface area contributed by atoms with Crippen molar-refractivity contribution in [2.45, 2.75) is 24.8 Å². The predicted molar refractivity (Wildman–Crippen MR) is 76.5 cm³/mol. The summed E-state index contributed by atoms with van der Waals surface area (Å²) in [5.41, 5.74) is 2.69. The van der Waals surface area contributed by atoms with Crippen LogP contribution < -0.4 is 10.1 Å². The number of H-pyrrole nitrogens is 1. The van der Waals surface area contributed by atoms with E-state index in [4.69, 9.17) is 4.74 Å². The number of methoxy groups -OCH3 is 1. The number of aromatic amines is 1. The molecule has 0 amide bonds. The standard InChI is InChI=1S/C16H20N2O/c1-19-16-14(8-10-18-16)13-7-9-17-15(11-13)12-5-3-2-4-6-12/h2-6,8,10,13,15,17-18H,7,9,11H2,1H3. The van der Waals surface area contributed by atoms with Gasteiger partial charge < -0.3 is 15.0 Å². The SMILES string of the molecule is COc1[nH]ccc1C1CCNC(c2ccccc2)C1. The number of hydrogen-bond acceptors (Lipinski definition) is 2. The molecule has 2 heterocycles. The topological polar surface area (TPSA) is 37.0 Å². The molecule has 2 atom stereocenters. The summed E-state index contributed by atoms with van der Waals surface area (Å²) in [4.78, 5) is 3.16. The number of nitrogens with one attached hydrogen (secondary N) is 2. The molecule has 0 saturated carbocycles. The molecule has 0 bridgehead atoms. The zero-order valence-electron chi connectivity index (χ0n) is 11.2. The molecule has 1 saturated heterocycles. The Kier molecular flexibility index (Phi) is 3.56. The molecule has 2 aromatic rings. The van der Waals surface area contributed by atoms with Crippen LogP contribution in [0.2, 0.25) is 0 Å². The van der Waals surface area contributed by atoms with Gasteiger partial charge in [-0.1, -0.05) is 30.3 Å². The smallest absolute Gasteiger partial charge is 0.194 e. The van der Waals surface area contributed by atoms with E-state index in [0.29, 0.717) is 12.0 Å². The summed E-state index contributed by atoms with van der Waals surface area (Å²) in [6.45, 7) is 1.05. The van der Waals surface area contributed by atoms with Crippen LogP contribution in [0.4, 0.5) is 0 Å². The van der Waals surface area contributed by atoms with Gasteiger partial charge in [0.05, 0.1) is 7.11 Å². The first-order valence-electron chi connectivity index (χ1n) is 6.88. The first kappa shape index (κ1) is 12.3. The average Bonchev–Trinajstić information content (AvgIpc) is 2.97. The first-order valence-corrected chi connectivity index (χ1v) is 6.88. The largest absolute Gasteiger partial charge is 0.482 e. The molecule has 0 radical (unpaired) electrons. The van der Waals surface area contributed by atoms with Gasteiger partial charge in [-0.15, -0.1) is 0 Å².